The van der Waals surface area contributed by atoms with Crippen LogP contribution in [-0.2, 0) is 0 Å². The summed E-state index contributed by atoms with van der Waals surface area (Å²) in [5.74, 6) is 0.629. The summed E-state index contributed by atoms with van der Waals surface area (Å²) < 4.78 is 1.41. The molecule has 2 atom stereocenters. The molecular weight excluding hydrogens is 294 g/mol. The zero-order valence-electron chi connectivity index (χ0n) is 11.4. The molecule has 2 N–H and O–H groups in total. The van der Waals surface area contributed by atoms with Gasteiger partial charge in [0.2, 0.25) is 11.2 Å². The van der Waals surface area contributed by atoms with Crippen molar-refractivity contribution in [2.75, 3.05) is 5.32 Å². The molecule has 8 nitrogen and oxygen atoms in total. The van der Waals surface area contributed by atoms with Crippen LogP contribution in [-0.4, -0.2) is 47.0 Å². The number of aromatic nitrogens is 6. The third kappa shape index (κ3) is 3.45. The Hall–Kier alpha value is -1.80. The van der Waals surface area contributed by atoms with Crippen molar-refractivity contribution in [3.05, 3.63) is 17.9 Å². The van der Waals surface area contributed by atoms with Crippen molar-refractivity contribution in [2.24, 2.45) is 0 Å². The van der Waals surface area contributed by atoms with Crippen LogP contribution in [0.5, 0.6) is 0 Å². The molecule has 9 heteroatoms. The van der Waals surface area contributed by atoms with Gasteiger partial charge < -0.3 is 10.4 Å². The highest BCUT2D eigenvalue weighted by atomic mass is 35.5. The molecule has 2 unspecified atom stereocenters. The highest BCUT2D eigenvalue weighted by Gasteiger charge is 2.22. The van der Waals surface area contributed by atoms with Gasteiger partial charge in [-0.2, -0.15) is 24.7 Å². The van der Waals surface area contributed by atoms with Crippen LogP contribution in [0.1, 0.15) is 32.1 Å². The van der Waals surface area contributed by atoms with Gasteiger partial charge in [-0.15, -0.1) is 0 Å². The van der Waals surface area contributed by atoms with Crippen molar-refractivity contribution >= 4 is 17.5 Å². The summed E-state index contributed by atoms with van der Waals surface area (Å²) in [4.78, 5) is 16.2. The van der Waals surface area contributed by atoms with Gasteiger partial charge in [-0.1, -0.05) is 19.3 Å². The summed E-state index contributed by atoms with van der Waals surface area (Å²) in [5, 5.41) is 17.3. The quantitative estimate of drug-likeness (QED) is 0.822. The maximum absolute atomic E-state index is 10.1. The Morgan fingerprint density at radius 3 is 2.86 bits per heavy atom. The van der Waals surface area contributed by atoms with E-state index in [1.54, 1.807) is 0 Å². The molecule has 2 aromatic heterocycles. The normalized spacial score (nSPS) is 22.8. The second-order valence-electron chi connectivity index (χ2n) is 5.02. The molecule has 0 spiro atoms. The Kier molecular flexibility index (Phi) is 4.26. The number of halogens is 1. The van der Waals surface area contributed by atoms with Crippen LogP contribution in [0.4, 0.5) is 5.95 Å². The van der Waals surface area contributed by atoms with Crippen molar-refractivity contribution in [1.29, 1.82) is 0 Å². The Bertz CT molecular complexity index is 591. The summed E-state index contributed by atoms with van der Waals surface area (Å²) >= 11 is 5.93. The first-order chi connectivity index (χ1) is 10.2. The number of aliphatic hydroxyl groups is 1. The number of rotatable bonds is 3. The van der Waals surface area contributed by atoms with E-state index in [0.29, 0.717) is 5.95 Å². The molecular formula is C12H16ClN7O. The minimum absolute atomic E-state index is 0.0705. The third-order valence-corrected chi connectivity index (χ3v) is 3.68. The Morgan fingerprint density at radius 1 is 1.19 bits per heavy atom. The van der Waals surface area contributed by atoms with E-state index < -0.39 is 6.10 Å². The lowest BCUT2D eigenvalue weighted by Gasteiger charge is -2.21. The molecule has 1 fully saturated rings. The summed E-state index contributed by atoms with van der Waals surface area (Å²) in [6, 6.07) is -0.0745. The number of aliphatic hydroxyl groups excluding tert-OH is 1. The van der Waals surface area contributed by atoms with Gasteiger partial charge in [0.15, 0.2) is 0 Å². The lowest BCUT2D eigenvalue weighted by atomic mass is 10.1. The summed E-state index contributed by atoms with van der Waals surface area (Å²) in [5.41, 5.74) is 0. The molecule has 2 heterocycles. The van der Waals surface area contributed by atoms with Gasteiger partial charge in [0, 0.05) is 0 Å². The van der Waals surface area contributed by atoms with Crippen molar-refractivity contribution in [3.8, 4) is 5.95 Å². The summed E-state index contributed by atoms with van der Waals surface area (Å²) in [6.45, 7) is 0. The monoisotopic (exact) mass is 309 g/mol. The van der Waals surface area contributed by atoms with Crippen LogP contribution >= 0.6 is 11.6 Å². The number of nitrogens with one attached hydrogen (secondary N) is 1. The van der Waals surface area contributed by atoms with Crippen LogP contribution in [0.25, 0.3) is 5.95 Å². The van der Waals surface area contributed by atoms with Crippen LogP contribution in [0, 0.1) is 0 Å². The number of anilines is 1. The number of hydrogen-bond donors (Lipinski definition) is 2. The first-order valence-corrected chi connectivity index (χ1v) is 7.31. The molecule has 0 aromatic carbocycles. The minimum atomic E-state index is -0.405. The van der Waals surface area contributed by atoms with Crippen molar-refractivity contribution < 1.29 is 5.11 Å². The molecule has 1 aliphatic rings. The lowest BCUT2D eigenvalue weighted by molar-refractivity contribution is 0.144. The highest BCUT2D eigenvalue weighted by Crippen LogP contribution is 2.21. The van der Waals surface area contributed by atoms with E-state index >= 15 is 0 Å². The Balaban J connectivity index is 1.81. The molecule has 1 saturated carbocycles. The van der Waals surface area contributed by atoms with E-state index in [1.807, 2.05) is 0 Å². The zero-order chi connectivity index (χ0) is 14.7. The maximum Gasteiger partial charge on any atom is 0.258 e. The fourth-order valence-electron chi connectivity index (χ4n) is 2.44. The summed E-state index contributed by atoms with van der Waals surface area (Å²) in [6.07, 6.45) is 7.38. The molecule has 0 bridgehead atoms. The van der Waals surface area contributed by atoms with E-state index in [9.17, 15) is 5.11 Å². The first kappa shape index (κ1) is 14.2. The molecule has 112 valence electrons. The van der Waals surface area contributed by atoms with E-state index in [0.717, 1.165) is 32.1 Å². The van der Waals surface area contributed by atoms with E-state index in [1.165, 1.54) is 17.3 Å². The zero-order valence-corrected chi connectivity index (χ0v) is 12.1. The first-order valence-electron chi connectivity index (χ1n) is 6.93. The third-order valence-electron chi connectivity index (χ3n) is 3.51. The van der Waals surface area contributed by atoms with Gasteiger partial charge in [-0.3, -0.25) is 0 Å². The van der Waals surface area contributed by atoms with Gasteiger partial charge in [-0.25, -0.2) is 4.98 Å². The highest BCUT2D eigenvalue weighted by molar-refractivity contribution is 6.28. The van der Waals surface area contributed by atoms with Gasteiger partial charge in [-0.05, 0) is 24.4 Å². The van der Waals surface area contributed by atoms with E-state index in [-0.39, 0.29) is 17.3 Å². The van der Waals surface area contributed by atoms with Crippen LogP contribution in [0.2, 0.25) is 5.28 Å². The van der Waals surface area contributed by atoms with Crippen molar-refractivity contribution in [1.82, 2.24) is 29.7 Å². The number of nitrogens with zero attached hydrogens (tertiary/aromatic N) is 6. The van der Waals surface area contributed by atoms with Gasteiger partial charge in [0.05, 0.1) is 12.1 Å². The lowest BCUT2D eigenvalue weighted by Crippen LogP contribution is -2.33. The molecule has 2 aromatic rings. The predicted octanol–water partition coefficient (Wildman–Crippen LogP) is 1.21. The summed E-state index contributed by atoms with van der Waals surface area (Å²) in [7, 11) is 0. The fraction of sp³-hybridized carbons (Fsp3) is 0.583. The molecule has 0 aliphatic heterocycles. The second-order valence-corrected chi connectivity index (χ2v) is 5.36. The topological polar surface area (TPSA) is 102 Å². The molecule has 0 amide bonds. The molecule has 0 saturated heterocycles. The van der Waals surface area contributed by atoms with Gasteiger partial charge >= 0.3 is 0 Å². The predicted molar refractivity (Wildman–Crippen MR) is 76.3 cm³/mol. The molecule has 1 aliphatic carbocycles. The van der Waals surface area contributed by atoms with Gasteiger partial charge in [0.1, 0.15) is 12.7 Å². The fourth-order valence-corrected chi connectivity index (χ4v) is 2.60. The van der Waals surface area contributed by atoms with Crippen molar-refractivity contribution in [3.63, 3.8) is 0 Å². The smallest absolute Gasteiger partial charge is 0.258 e. The van der Waals surface area contributed by atoms with Crippen LogP contribution in [0.15, 0.2) is 12.7 Å². The molecule has 0 radical (unpaired) electrons. The average molecular weight is 310 g/mol. The average Bonchev–Trinajstić information content (AvgIpc) is 2.92. The Labute approximate surface area is 126 Å². The SMILES string of the molecule is OC1CCCCCC1Nc1nc(Cl)nc(-n2cncn2)n1. The Morgan fingerprint density at radius 2 is 2.05 bits per heavy atom. The van der Waals surface area contributed by atoms with E-state index in [2.05, 4.69) is 30.4 Å². The molecule has 21 heavy (non-hydrogen) atoms. The van der Waals surface area contributed by atoms with Crippen LogP contribution in [0.3, 0.4) is 0 Å². The second kappa shape index (κ2) is 6.31. The van der Waals surface area contributed by atoms with Crippen LogP contribution < -0.4 is 5.32 Å². The molecule has 3 rings (SSSR count). The minimum Gasteiger partial charge on any atom is -0.391 e. The standard InChI is InChI=1S/C12H16ClN7O/c13-10-17-11(16-8-4-2-1-3-5-9(8)21)19-12(18-10)20-7-14-6-15-20/h6-9,21H,1-5H2,(H,16,17,18,19). The van der Waals surface area contributed by atoms with Crippen molar-refractivity contribution in [2.45, 2.75) is 44.2 Å². The largest absolute Gasteiger partial charge is 0.391 e. The maximum atomic E-state index is 10.1. The number of hydrogen-bond acceptors (Lipinski definition) is 7. The van der Waals surface area contributed by atoms with Gasteiger partial charge in [0.25, 0.3) is 5.95 Å². The van der Waals surface area contributed by atoms with E-state index in [4.69, 9.17) is 11.6 Å².